The van der Waals surface area contributed by atoms with Gasteiger partial charge in [0, 0.05) is 0 Å². The monoisotopic (exact) mass is 359 g/mol. The third-order valence-corrected chi connectivity index (χ3v) is 6.21. The number of nitrogens with zero attached hydrogens (tertiary/aromatic N) is 2. The minimum atomic E-state index is -3.84. The molecule has 0 radical (unpaired) electrons. The lowest BCUT2D eigenvalue weighted by atomic mass is 10.3. The summed E-state index contributed by atoms with van der Waals surface area (Å²) in [6, 6.07) is 8.54. The van der Waals surface area contributed by atoms with Crippen molar-refractivity contribution in [3.63, 3.8) is 0 Å². The van der Waals surface area contributed by atoms with Gasteiger partial charge in [0.1, 0.15) is 0 Å². The summed E-state index contributed by atoms with van der Waals surface area (Å²) < 4.78 is 26.8. The topological polar surface area (TPSA) is 72.0 Å². The van der Waals surface area contributed by atoms with Crippen LogP contribution in [0.3, 0.4) is 0 Å². The van der Waals surface area contributed by atoms with Crippen LogP contribution in [0.4, 0.5) is 5.82 Å². The zero-order valence-electron chi connectivity index (χ0n) is 10.2. The molecule has 0 saturated heterocycles. The van der Waals surface area contributed by atoms with E-state index in [-0.39, 0.29) is 20.2 Å². The van der Waals surface area contributed by atoms with Gasteiger partial charge >= 0.3 is 0 Å². The van der Waals surface area contributed by atoms with Crippen molar-refractivity contribution >= 4 is 61.4 Å². The number of benzene rings is 1. The highest BCUT2D eigenvalue weighted by molar-refractivity contribution is 7.94. The van der Waals surface area contributed by atoms with Crippen LogP contribution in [0.5, 0.6) is 0 Å². The Bertz CT molecular complexity index is 925. The highest BCUT2D eigenvalue weighted by Gasteiger charge is 2.22. The average molecular weight is 360 g/mol. The fraction of sp³-hybridized carbons (Fsp3) is 0. The predicted molar refractivity (Wildman–Crippen MR) is 84.7 cm³/mol. The highest BCUT2D eigenvalue weighted by Crippen LogP contribution is 2.30. The van der Waals surface area contributed by atoms with Crippen LogP contribution in [0.1, 0.15) is 0 Å². The molecule has 5 nitrogen and oxygen atoms in total. The van der Waals surface area contributed by atoms with Gasteiger partial charge in [0.25, 0.3) is 10.0 Å². The first-order chi connectivity index (χ1) is 9.97. The molecule has 0 spiro atoms. The Balaban J connectivity index is 2.06. The molecule has 0 atom stereocenters. The minimum absolute atomic E-state index is 0.00944. The van der Waals surface area contributed by atoms with Crippen molar-refractivity contribution in [1.29, 1.82) is 0 Å². The van der Waals surface area contributed by atoms with Crippen molar-refractivity contribution in [2.45, 2.75) is 4.21 Å². The van der Waals surface area contributed by atoms with E-state index in [1.165, 1.54) is 6.07 Å². The SMILES string of the molecule is O=S(=O)(Nc1nc2ccccc2nc1Cl)c1sccc1Cl. The van der Waals surface area contributed by atoms with Gasteiger partial charge < -0.3 is 0 Å². The molecule has 0 amide bonds. The number of para-hydroxylation sites is 2. The molecule has 3 aromatic rings. The van der Waals surface area contributed by atoms with Crippen LogP contribution in [0.15, 0.2) is 39.9 Å². The first-order valence-electron chi connectivity index (χ1n) is 5.65. The summed E-state index contributed by atoms with van der Waals surface area (Å²) in [6.07, 6.45) is 0. The fourth-order valence-corrected chi connectivity index (χ4v) is 4.62. The maximum absolute atomic E-state index is 12.3. The quantitative estimate of drug-likeness (QED) is 0.771. The second-order valence-corrected chi connectivity index (χ2v) is 7.57. The van der Waals surface area contributed by atoms with Crippen molar-refractivity contribution in [3.8, 4) is 0 Å². The van der Waals surface area contributed by atoms with E-state index in [2.05, 4.69) is 14.7 Å². The molecule has 1 N–H and O–H groups in total. The van der Waals surface area contributed by atoms with E-state index in [4.69, 9.17) is 23.2 Å². The zero-order chi connectivity index (χ0) is 15.0. The lowest BCUT2D eigenvalue weighted by Gasteiger charge is -2.08. The molecule has 0 unspecified atom stereocenters. The van der Waals surface area contributed by atoms with Crippen LogP contribution in [0, 0.1) is 0 Å². The number of thiophene rings is 1. The number of aromatic nitrogens is 2. The summed E-state index contributed by atoms with van der Waals surface area (Å²) in [6.45, 7) is 0. The van der Waals surface area contributed by atoms with Gasteiger partial charge in [0.05, 0.1) is 16.1 Å². The predicted octanol–water partition coefficient (Wildman–Crippen LogP) is 3.80. The fourth-order valence-electron chi connectivity index (χ4n) is 1.69. The number of nitrogens with one attached hydrogen (secondary N) is 1. The largest absolute Gasteiger partial charge is 0.274 e. The molecule has 108 valence electrons. The van der Waals surface area contributed by atoms with E-state index in [0.717, 1.165) is 11.3 Å². The van der Waals surface area contributed by atoms with Crippen molar-refractivity contribution in [3.05, 3.63) is 45.9 Å². The van der Waals surface area contributed by atoms with E-state index in [1.807, 2.05) is 0 Å². The number of fused-ring (bicyclic) bond motifs is 1. The van der Waals surface area contributed by atoms with Crippen molar-refractivity contribution in [2.75, 3.05) is 4.72 Å². The van der Waals surface area contributed by atoms with Crippen LogP contribution < -0.4 is 4.72 Å². The summed E-state index contributed by atoms with van der Waals surface area (Å²) in [4.78, 5) is 8.29. The molecular formula is C12H7Cl2N3O2S2. The number of hydrogen-bond donors (Lipinski definition) is 1. The first kappa shape index (κ1) is 14.5. The zero-order valence-corrected chi connectivity index (χ0v) is 13.4. The Hall–Kier alpha value is -1.41. The molecule has 0 bridgehead atoms. The van der Waals surface area contributed by atoms with Crippen molar-refractivity contribution < 1.29 is 8.42 Å². The van der Waals surface area contributed by atoms with Gasteiger partial charge in [0.2, 0.25) is 0 Å². The molecule has 2 aromatic heterocycles. The summed E-state index contributed by atoms with van der Waals surface area (Å²) in [7, 11) is -3.84. The maximum Gasteiger partial charge on any atom is 0.274 e. The van der Waals surface area contributed by atoms with Crippen LogP contribution in [0.25, 0.3) is 11.0 Å². The molecule has 3 rings (SSSR count). The normalized spacial score (nSPS) is 11.7. The number of anilines is 1. The van der Waals surface area contributed by atoms with Gasteiger partial charge in [0.15, 0.2) is 15.2 Å². The van der Waals surface area contributed by atoms with Crippen molar-refractivity contribution in [2.24, 2.45) is 0 Å². The molecule has 2 heterocycles. The third-order valence-electron chi connectivity index (χ3n) is 2.59. The Morgan fingerprint density at radius 1 is 1.05 bits per heavy atom. The highest BCUT2D eigenvalue weighted by atomic mass is 35.5. The summed E-state index contributed by atoms with van der Waals surface area (Å²) in [5.74, 6) is -0.0279. The van der Waals surface area contributed by atoms with E-state index in [9.17, 15) is 8.42 Å². The lowest BCUT2D eigenvalue weighted by Crippen LogP contribution is -2.14. The van der Waals surface area contributed by atoms with Crippen LogP contribution in [0.2, 0.25) is 10.2 Å². The van der Waals surface area contributed by atoms with Gasteiger partial charge in [-0.15, -0.1) is 11.3 Å². The van der Waals surface area contributed by atoms with Crippen molar-refractivity contribution in [1.82, 2.24) is 9.97 Å². The van der Waals surface area contributed by atoms with Crippen LogP contribution in [-0.4, -0.2) is 18.4 Å². The third kappa shape index (κ3) is 2.82. The number of halogens is 2. The minimum Gasteiger partial charge on any atom is -0.260 e. The van der Waals surface area contributed by atoms with E-state index in [0.29, 0.717) is 11.0 Å². The first-order valence-corrected chi connectivity index (χ1v) is 8.77. The molecule has 0 fully saturated rings. The van der Waals surface area contributed by atoms with Gasteiger partial charge in [-0.1, -0.05) is 35.3 Å². The Morgan fingerprint density at radius 3 is 2.33 bits per heavy atom. The van der Waals surface area contributed by atoms with Gasteiger partial charge in [-0.05, 0) is 23.6 Å². The lowest BCUT2D eigenvalue weighted by molar-refractivity contribution is 0.603. The summed E-state index contributed by atoms with van der Waals surface area (Å²) >= 11 is 12.8. The second-order valence-electron chi connectivity index (χ2n) is 4.01. The smallest absolute Gasteiger partial charge is 0.260 e. The number of hydrogen-bond acceptors (Lipinski definition) is 5. The van der Waals surface area contributed by atoms with E-state index < -0.39 is 10.0 Å². The van der Waals surface area contributed by atoms with Crippen LogP contribution >= 0.6 is 34.5 Å². The Labute approximate surface area is 134 Å². The molecular weight excluding hydrogens is 353 g/mol. The molecule has 1 aromatic carbocycles. The van der Waals surface area contributed by atoms with Gasteiger partial charge in [-0.25, -0.2) is 18.4 Å². The second kappa shape index (κ2) is 5.42. The van der Waals surface area contributed by atoms with E-state index in [1.54, 1.807) is 29.6 Å². The maximum atomic E-state index is 12.3. The van der Waals surface area contributed by atoms with E-state index >= 15 is 0 Å². The van der Waals surface area contributed by atoms with Crippen LogP contribution in [-0.2, 0) is 10.0 Å². The summed E-state index contributed by atoms with van der Waals surface area (Å²) in [5, 5.41) is 1.72. The Morgan fingerprint density at radius 2 is 1.71 bits per heavy atom. The summed E-state index contributed by atoms with van der Waals surface area (Å²) in [5.41, 5.74) is 1.12. The molecule has 21 heavy (non-hydrogen) atoms. The molecule has 0 aliphatic heterocycles. The molecule has 0 aliphatic carbocycles. The molecule has 0 aliphatic rings. The number of sulfonamides is 1. The average Bonchev–Trinajstić information content (AvgIpc) is 2.86. The van der Waals surface area contributed by atoms with Gasteiger partial charge in [-0.2, -0.15) is 0 Å². The molecule has 0 saturated carbocycles. The van der Waals surface area contributed by atoms with Gasteiger partial charge in [-0.3, -0.25) is 4.72 Å². The molecule has 9 heteroatoms. The number of rotatable bonds is 3. The standard InChI is InChI=1S/C12H7Cl2N3O2S2/c13-7-5-6-20-12(7)21(18,19)17-11-10(14)15-8-3-1-2-4-9(8)16-11/h1-6H,(H,16,17). The Kier molecular flexibility index (Phi) is 3.75.